The van der Waals surface area contributed by atoms with Crippen molar-refractivity contribution >= 4 is 23.5 Å². The van der Waals surface area contributed by atoms with E-state index < -0.39 is 0 Å². The minimum atomic E-state index is 0.505. The van der Waals surface area contributed by atoms with Gasteiger partial charge >= 0.3 is 0 Å². The van der Waals surface area contributed by atoms with Crippen molar-refractivity contribution in [2.24, 2.45) is 12.1 Å². The Bertz CT molecular complexity index is 316. The molecule has 4 nitrogen and oxygen atoms in total. The molecule has 70 valence electrons. The van der Waals surface area contributed by atoms with Crippen molar-refractivity contribution in [1.29, 1.82) is 0 Å². The van der Waals surface area contributed by atoms with Crippen LogP contribution in [-0.2, 0) is 7.05 Å². The smallest absolute Gasteiger partial charge is 0.186 e. The Morgan fingerprint density at radius 3 is 3.00 bits per heavy atom. The first kappa shape index (κ1) is 9.73. The predicted octanol–water partition coefficient (Wildman–Crippen LogP) is 0.453. The van der Waals surface area contributed by atoms with Crippen molar-refractivity contribution < 1.29 is 0 Å². The summed E-state index contributed by atoms with van der Waals surface area (Å²) < 4.78 is 1.97. The van der Waals surface area contributed by atoms with Gasteiger partial charge in [0, 0.05) is 20.3 Å². The first-order valence-corrected chi connectivity index (χ1v) is 4.27. The number of nitrogens with one attached hydrogen (secondary N) is 2. The first-order valence-electron chi connectivity index (χ1n) is 3.86. The molecule has 0 unspecified atom stereocenters. The number of aryl methyl sites for hydroxylation is 1. The number of aromatic nitrogens is 1. The maximum Gasteiger partial charge on any atom is 0.186 e. The van der Waals surface area contributed by atoms with E-state index in [1.165, 1.54) is 0 Å². The Morgan fingerprint density at radius 2 is 2.46 bits per heavy atom. The second kappa shape index (κ2) is 4.61. The highest BCUT2D eigenvalue weighted by atomic mass is 32.1. The molecule has 0 amide bonds. The van der Waals surface area contributed by atoms with E-state index in [-0.39, 0.29) is 0 Å². The zero-order valence-electron chi connectivity index (χ0n) is 7.61. The van der Waals surface area contributed by atoms with Crippen molar-refractivity contribution in [2.75, 3.05) is 7.05 Å². The Morgan fingerprint density at radius 1 is 1.69 bits per heavy atom. The number of hydrogen-bond acceptors (Lipinski definition) is 2. The third kappa shape index (κ3) is 2.87. The highest BCUT2D eigenvalue weighted by molar-refractivity contribution is 7.80. The lowest BCUT2D eigenvalue weighted by Gasteiger charge is -1.99. The normalized spacial score (nSPS) is 10.3. The van der Waals surface area contributed by atoms with E-state index in [0.717, 1.165) is 5.69 Å². The van der Waals surface area contributed by atoms with Gasteiger partial charge in [-0.3, -0.25) is 5.43 Å². The molecule has 1 heterocycles. The molecule has 0 aliphatic heterocycles. The highest BCUT2D eigenvalue weighted by Gasteiger charge is 1.90. The molecule has 0 aromatic carbocycles. The van der Waals surface area contributed by atoms with Gasteiger partial charge in [-0.2, -0.15) is 5.10 Å². The van der Waals surface area contributed by atoms with Gasteiger partial charge in [0.2, 0.25) is 0 Å². The summed E-state index contributed by atoms with van der Waals surface area (Å²) in [4.78, 5) is 0. The fourth-order valence-electron chi connectivity index (χ4n) is 0.821. The molecule has 0 spiro atoms. The van der Waals surface area contributed by atoms with Crippen LogP contribution in [0.15, 0.2) is 23.4 Å². The van der Waals surface area contributed by atoms with Gasteiger partial charge in [0.25, 0.3) is 0 Å². The van der Waals surface area contributed by atoms with Crippen LogP contribution in [0.3, 0.4) is 0 Å². The van der Waals surface area contributed by atoms with Gasteiger partial charge in [-0.25, -0.2) is 0 Å². The molecule has 0 radical (unpaired) electrons. The van der Waals surface area contributed by atoms with Gasteiger partial charge in [0.1, 0.15) is 0 Å². The molecule has 1 rings (SSSR count). The van der Waals surface area contributed by atoms with Crippen LogP contribution in [0.2, 0.25) is 0 Å². The van der Waals surface area contributed by atoms with Crippen LogP contribution in [0, 0.1) is 0 Å². The number of hydrogen-bond donors (Lipinski definition) is 2. The molecule has 0 bridgehead atoms. The summed E-state index contributed by atoms with van der Waals surface area (Å²) in [5.41, 5.74) is 3.69. The van der Waals surface area contributed by atoms with E-state index in [2.05, 4.69) is 15.8 Å². The SMILES string of the molecule is CNC(=S)N/N=C/c1cccn1C. The van der Waals surface area contributed by atoms with Crippen LogP contribution >= 0.6 is 12.2 Å². The topological polar surface area (TPSA) is 41.4 Å². The highest BCUT2D eigenvalue weighted by Crippen LogP contribution is 1.94. The molecule has 0 aliphatic rings. The fourth-order valence-corrected chi connectivity index (χ4v) is 0.874. The van der Waals surface area contributed by atoms with Gasteiger partial charge in [0.05, 0.1) is 11.9 Å². The molecule has 2 N–H and O–H groups in total. The Balaban J connectivity index is 2.50. The summed E-state index contributed by atoms with van der Waals surface area (Å²) in [5.74, 6) is 0. The van der Waals surface area contributed by atoms with Gasteiger partial charge < -0.3 is 9.88 Å². The minimum absolute atomic E-state index is 0.505. The van der Waals surface area contributed by atoms with Crippen LogP contribution in [0.5, 0.6) is 0 Å². The molecule has 0 fully saturated rings. The summed E-state index contributed by atoms with van der Waals surface area (Å²) in [7, 11) is 3.70. The summed E-state index contributed by atoms with van der Waals surface area (Å²) in [6.45, 7) is 0. The number of hydrazone groups is 1. The Hall–Kier alpha value is -1.36. The van der Waals surface area contributed by atoms with E-state index in [1.54, 1.807) is 13.3 Å². The van der Waals surface area contributed by atoms with E-state index >= 15 is 0 Å². The van der Waals surface area contributed by atoms with Crippen LogP contribution in [0.1, 0.15) is 5.69 Å². The second-order valence-corrected chi connectivity index (χ2v) is 2.90. The van der Waals surface area contributed by atoms with Gasteiger partial charge in [0.15, 0.2) is 5.11 Å². The zero-order valence-corrected chi connectivity index (χ0v) is 8.43. The lowest BCUT2D eigenvalue weighted by atomic mass is 10.5. The van der Waals surface area contributed by atoms with Crippen molar-refractivity contribution in [3.8, 4) is 0 Å². The van der Waals surface area contributed by atoms with Gasteiger partial charge in [-0.1, -0.05) is 0 Å². The van der Waals surface area contributed by atoms with Crippen molar-refractivity contribution in [3.05, 3.63) is 24.0 Å². The molecule has 0 saturated heterocycles. The monoisotopic (exact) mass is 196 g/mol. The molecule has 1 aromatic rings. The van der Waals surface area contributed by atoms with E-state index in [4.69, 9.17) is 12.2 Å². The first-order chi connectivity index (χ1) is 6.24. The molecular weight excluding hydrogens is 184 g/mol. The van der Waals surface area contributed by atoms with E-state index in [1.807, 2.05) is 29.9 Å². The molecule has 1 aromatic heterocycles. The Kier molecular flexibility index (Phi) is 3.45. The fraction of sp³-hybridized carbons (Fsp3) is 0.250. The maximum absolute atomic E-state index is 4.84. The Labute approximate surface area is 82.6 Å². The van der Waals surface area contributed by atoms with E-state index in [0.29, 0.717) is 5.11 Å². The lowest BCUT2D eigenvalue weighted by molar-refractivity contribution is 0.911. The molecular formula is C8H12N4S. The van der Waals surface area contributed by atoms with Crippen LogP contribution in [-0.4, -0.2) is 22.9 Å². The zero-order chi connectivity index (χ0) is 9.68. The van der Waals surface area contributed by atoms with Crippen LogP contribution < -0.4 is 10.7 Å². The summed E-state index contributed by atoms with van der Waals surface area (Å²) in [6, 6.07) is 3.92. The summed E-state index contributed by atoms with van der Waals surface area (Å²) >= 11 is 4.84. The maximum atomic E-state index is 4.84. The van der Waals surface area contributed by atoms with Crippen LogP contribution in [0.4, 0.5) is 0 Å². The van der Waals surface area contributed by atoms with Gasteiger partial charge in [-0.05, 0) is 24.4 Å². The third-order valence-electron chi connectivity index (χ3n) is 1.57. The third-order valence-corrected chi connectivity index (χ3v) is 1.87. The standard InChI is InChI=1S/C8H12N4S/c1-9-8(13)11-10-6-7-4-3-5-12(7)2/h3-6H,1-2H3,(H2,9,11,13)/b10-6+. The molecule has 0 aliphatic carbocycles. The quantitative estimate of drug-likeness (QED) is 0.410. The minimum Gasteiger partial charge on any atom is -0.364 e. The summed E-state index contributed by atoms with van der Waals surface area (Å²) in [6.07, 6.45) is 3.67. The molecule has 0 saturated carbocycles. The van der Waals surface area contributed by atoms with Gasteiger partial charge in [-0.15, -0.1) is 0 Å². The summed E-state index contributed by atoms with van der Waals surface area (Å²) in [5, 5.41) is 7.21. The average Bonchev–Trinajstić information content (AvgIpc) is 2.52. The molecule has 0 atom stereocenters. The van der Waals surface area contributed by atoms with Crippen molar-refractivity contribution in [3.63, 3.8) is 0 Å². The van der Waals surface area contributed by atoms with Crippen molar-refractivity contribution in [2.45, 2.75) is 0 Å². The van der Waals surface area contributed by atoms with Crippen LogP contribution in [0.25, 0.3) is 0 Å². The largest absolute Gasteiger partial charge is 0.364 e. The number of thiocarbonyl (C=S) groups is 1. The average molecular weight is 196 g/mol. The number of rotatable bonds is 2. The lowest BCUT2D eigenvalue weighted by Crippen LogP contribution is -2.28. The molecule has 13 heavy (non-hydrogen) atoms. The molecule has 5 heteroatoms. The van der Waals surface area contributed by atoms with E-state index in [9.17, 15) is 0 Å². The van der Waals surface area contributed by atoms with Crippen molar-refractivity contribution in [1.82, 2.24) is 15.3 Å². The predicted molar refractivity (Wildman–Crippen MR) is 57.8 cm³/mol. The second-order valence-electron chi connectivity index (χ2n) is 2.49. The number of nitrogens with zero attached hydrogens (tertiary/aromatic N) is 2.